The van der Waals surface area contributed by atoms with Crippen LogP contribution in [0.3, 0.4) is 0 Å². The van der Waals surface area contributed by atoms with Crippen molar-refractivity contribution in [3.05, 3.63) is 57.3 Å². The first-order chi connectivity index (χ1) is 14.2. The first-order valence-electron chi connectivity index (χ1n) is 8.89. The summed E-state index contributed by atoms with van der Waals surface area (Å²) in [4.78, 5) is 22.0. The number of amides is 1. The van der Waals surface area contributed by atoms with Crippen LogP contribution >= 0.6 is 11.3 Å². The number of hydrogen-bond acceptors (Lipinski definition) is 6. The Morgan fingerprint density at radius 1 is 1.37 bits per heavy atom. The van der Waals surface area contributed by atoms with Crippen molar-refractivity contribution >= 4 is 29.4 Å². The summed E-state index contributed by atoms with van der Waals surface area (Å²) < 4.78 is 31.7. The summed E-state index contributed by atoms with van der Waals surface area (Å²) in [5.74, 6) is 2.60. The van der Waals surface area contributed by atoms with Crippen LogP contribution in [0.4, 0.5) is 13.2 Å². The Morgan fingerprint density at radius 3 is 2.70 bits per heavy atom. The monoisotopic (exact) mass is 442 g/mol. The normalized spacial score (nSPS) is 16.2. The van der Waals surface area contributed by atoms with Gasteiger partial charge in [0.25, 0.3) is 0 Å². The summed E-state index contributed by atoms with van der Waals surface area (Å²) in [6.45, 7) is 2.31. The molecular weight excluding hydrogens is 421 g/mol. The number of benzene rings is 1. The number of halogens is 3. The Balaban J connectivity index is 0.000000396. The van der Waals surface area contributed by atoms with Crippen LogP contribution in [0.2, 0.25) is 0 Å². The van der Waals surface area contributed by atoms with E-state index in [-0.39, 0.29) is 11.8 Å². The summed E-state index contributed by atoms with van der Waals surface area (Å²) in [5.41, 5.74) is 3.34. The number of nitrogens with zero attached hydrogens (tertiary/aromatic N) is 1. The van der Waals surface area contributed by atoms with Crippen LogP contribution in [0.5, 0.6) is 0 Å². The number of nitrogens with two attached hydrogens (primary N) is 1. The minimum absolute atomic E-state index is 0.0159. The molecule has 1 aliphatic heterocycles. The van der Waals surface area contributed by atoms with Gasteiger partial charge in [0.1, 0.15) is 0 Å². The molecule has 1 aromatic carbocycles. The first kappa shape index (κ1) is 23.4. The van der Waals surface area contributed by atoms with Crippen molar-refractivity contribution in [3.8, 4) is 0 Å². The van der Waals surface area contributed by atoms with Crippen molar-refractivity contribution < 1.29 is 27.9 Å². The fourth-order valence-corrected chi connectivity index (χ4v) is 3.80. The van der Waals surface area contributed by atoms with Gasteiger partial charge in [0, 0.05) is 24.5 Å². The van der Waals surface area contributed by atoms with Crippen molar-refractivity contribution in [2.45, 2.75) is 31.6 Å². The molecule has 1 aliphatic rings. The summed E-state index contributed by atoms with van der Waals surface area (Å²) in [5, 5.41) is 19.1. The Morgan fingerprint density at radius 2 is 2.10 bits per heavy atom. The predicted molar refractivity (Wildman–Crippen MR) is 107 cm³/mol. The molecule has 0 bridgehead atoms. The second-order valence-electron chi connectivity index (χ2n) is 6.36. The number of alkyl halides is 3. The molecule has 2 heterocycles. The molecule has 7 nitrogen and oxygen atoms in total. The summed E-state index contributed by atoms with van der Waals surface area (Å²) >= 11 is 1.70. The van der Waals surface area contributed by atoms with Crippen LogP contribution < -0.4 is 16.5 Å². The molecule has 1 atom stereocenters. The second-order valence-corrected chi connectivity index (χ2v) is 7.36. The van der Waals surface area contributed by atoms with Crippen molar-refractivity contribution in [1.29, 1.82) is 0 Å². The molecule has 3 rings (SSSR count). The van der Waals surface area contributed by atoms with E-state index >= 15 is 0 Å². The highest BCUT2D eigenvalue weighted by molar-refractivity contribution is 7.10. The quantitative estimate of drug-likeness (QED) is 0.312. The van der Waals surface area contributed by atoms with Crippen molar-refractivity contribution in [2.24, 2.45) is 10.9 Å². The van der Waals surface area contributed by atoms with Gasteiger partial charge in [0.2, 0.25) is 5.91 Å². The summed E-state index contributed by atoms with van der Waals surface area (Å²) in [6.07, 6.45) is -2.55. The van der Waals surface area contributed by atoms with Crippen LogP contribution in [0.15, 0.2) is 40.8 Å². The van der Waals surface area contributed by atoms with Crippen LogP contribution in [0, 0.1) is 0 Å². The van der Waals surface area contributed by atoms with Gasteiger partial charge >= 0.3 is 12.1 Å². The SMILES string of the molecule is NN=Cc1cccc(CNCc2sccc2[C@@H]2CCNC2=O)c1.O=C(O)C(F)(F)F. The maximum atomic E-state index is 11.9. The molecule has 11 heteroatoms. The molecule has 0 radical (unpaired) electrons. The van der Waals surface area contributed by atoms with E-state index in [2.05, 4.69) is 39.3 Å². The molecule has 1 saturated heterocycles. The lowest BCUT2D eigenvalue weighted by Gasteiger charge is -2.10. The molecule has 0 unspecified atom stereocenters. The van der Waals surface area contributed by atoms with Crippen LogP contribution in [-0.2, 0) is 22.7 Å². The zero-order valence-corrected chi connectivity index (χ0v) is 16.6. The van der Waals surface area contributed by atoms with Gasteiger partial charge in [-0.05, 0) is 40.6 Å². The Bertz CT molecular complexity index is 899. The van der Waals surface area contributed by atoms with Crippen molar-refractivity contribution in [1.82, 2.24) is 10.6 Å². The molecule has 30 heavy (non-hydrogen) atoms. The van der Waals surface area contributed by atoms with E-state index < -0.39 is 12.1 Å². The highest BCUT2D eigenvalue weighted by Gasteiger charge is 2.38. The molecule has 162 valence electrons. The molecule has 0 aliphatic carbocycles. The lowest BCUT2D eigenvalue weighted by Crippen LogP contribution is -2.21. The third-order valence-electron chi connectivity index (χ3n) is 4.24. The highest BCUT2D eigenvalue weighted by Crippen LogP contribution is 2.30. The average molecular weight is 442 g/mol. The molecule has 1 aromatic heterocycles. The molecule has 0 saturated carbocycles. The maximum Gasteiger partial charge on any atom is 0.490 e. The first-order valence-corrected chi connectivity index (χ1v) is 9.77. The number of aliphatic carboxylic acids is 1. The topological polar surface area (TPSA) is 117 Å². The van der Waals surface area contributed by atoms with E-state index in [1.54, 1.807) is 17.6 Å². The van der Waals surface area contributed by atoms with Gasteiger partial charge < -0.3 is 21.6 Å². The minimum atomic E-state index is -5.08. The Hall–Kier alpha value is -2.92. The number of carboxylic acid groups (broad SMARTS) is 1. The van der Waals surface area contributed by atoms with Crippen LogP contribution in [0.25, 0.3) is 0 Å². The molecule has 2 aromatic rings. The molecule has 5 N–H and O–H groups in total. The third-order valence-corrected chi connectivity index (χ3v) is 5.17. The van der Waals surface area contributed by atoms with Gasteiger partial charge in [0.05, 0.1) is 12.1 Å². The second kappa shape index (κ2) is 10.7. The van der Waals surface area contributed by atoms with Gasteiger partial charge in [-0.2, -0.15) is 18.3 Å². The number of carbonyl (C=O) groups excluding carboxylic acids is 1. The van der Waals surface area contributed by atoms with Crippen molar-refractivity contribution in [3.63, 3.8) is 0 Å². The lowest BCUT2D eigenvalue weighted by molar-refractivity contribution is -0.192. The van der Waals surface area contributed by atoms with Crippen LogP contribution in [0.1, 0.15) is 33.9 Å². The van der Waals surface area contributed by atoms with Gasteiger partial charge in [0.15, 0.2) is 0 Å². The van der Waals surface area contributed by atoms with E-state index in [1.165, 1.54) is 16.0 Å². The number of hydrazone groups is 1. The van der Waals surface area contributed by atoms with Crippen LogP contribution in [-0.4, -0.2) is 35.9 Å². The largest absolute Gasteiger partial charge is 0.490 e. The smallest absolute Gasteiger partial charge is 0.475 e. The summed E-state index contributed by atoms with van der Waals surface area (Å²) in [6, 6.07) is 10.2. The Labute approximate surface area is 174 Å². The van der Waals surface area contributed by atoms with Gasteiger partial charge in [-0.3, -0.25) is 4.79 Å². The maximum absolute atomic E-state index is 11.9. The fraction of sp³-hybridized carbons (Fsp3) is 0.316. The lowest BCUT2D eigenvalue weighted by atomic mass is 9.98. The predicted octanol–water partition coefficient (Wildman–Crippen LogP) is 2.57. The van der Waals surface area contributed by atoms with Gasteiger partial charge in [-0.25, -0.2) is 4.79 Å². The number of carbonyl (C=O) groups is 2. The van der Waals surface area contributed by atoms with Crippen molar-refractivity contribution in [2.75, 3.05) is 6.54 Å². The van der Waals surface area contributed by atoms with Gasteiger partial charge in [-0.1, -0.05) is 18.2 Å². The third kappa shape index (κ3) is 6.85. The standard InChI is InChI=1S/C17H20N4OS.C2HF3O2/c18-21-10-13-3-1-2-12(8-13)9-19-11-16-14(5-7-23-16)15-4-6-20-17(15)22;3-2(4,5)1(6)7/h1-3,5,7-8,10,15,19H,4,6,9,11,18H2,(H,20,22);(H,6,7)/t15-;/m0./s1. The average Bonchev–Trinajstić information content (AvgIpc) is 3.30. The highest BCUT2D eigenvalue weighted by atomic mass is 32.1. The molecule has 0 spiro atoms. The zero-order valence-electron chi connectivity index (χ0n) is 15.8. The number of carboxylic acids is 1. The van der Waals surface area contributed by atoms with Gasteiger partial charge in [-0.15, -0.1) is 11.3 Å². The van der Waals surface area contributed by atoms with E-state index in [9.17, 15) is 18.0 Å². The number of hydrogen-bond donors (Lipinski definition) is 4. The van der Waals surface area contributed by atoms with E-state index in [4.69, 9.17) is 15.7 Å². The number of thiophene rings is 1. The summed E-state index contributed by atoms with van der Waals surface area (Å²) in [7, 11) is 0. The molecule has 1 fully saturated rings. The molecular formula is C19H21F3N4O3S. The van der Waals surface area contributed by atoms with E-state index in [0.717, 1.165) is 31.6 Å². The fourth-order valence-electron chi connectivity index (χ4n) is 2.89. The minimum Gasteiger partial charge on any atom is -0.475 e. The number of nitrogens with one attached hydrogen (secondary N) is 2. The number of rotatable bonds is 6. The Kier molecular flexibility index (Phi) is 8.36. The zero-order chi connectivity index (χ0) is 22.1. The van der Waals surface area contributed by atoms with E-state index in [1.807, 2.05) is 12.1 Å². The van der Waals surface area contributed by atoms with E-state index in [0.29, 0.717) is 0 Å². The molecule has 1 amide bonds.